The summed E-state index contributed by atoms with van der Waals surface area (Å²) in [6.45, 7) is 1.60. The number of carboxylic acids is 1. The third-order valence-corrected chi connectivity index (χ3v) is 2.91. The van der Waals surface area contributed by atoms with E-state index in [1.54, 1.807) is 25.1 Å². The van der Waals surface area contributed by atoms with Crippen molar-refractivity contribution in [2.75, 3.05) is 5.73 Å². The predicted molar refractivity (Wildman–Crippen MR) is 73.4 cm³/mol. The van der Waals surface area contributed by atoms with Gasteiger partial charge in [-0.1, -0.05) is 30.3 Å². The van der Waals surface area contributed by atoms with Crippen LogP contribution >= 0.6 is 0 Å². The zero-order valence-corrected chi connectivity index (χ0v) is 10.5. The van der Waals surface area contributed by atoms with Gasteiger partial charge in [-0.3, -0.25) is 4.79 Å². The summed E-state index contributed by atoms with van der Waals surface area (Å²) in [5.74, 6) is -0.450. The van der Waals surface area contributed by atoms with Crippen LogP contribution in [0.5, 0.6) is 11.5 Å². The van der Waals surface area contributed by atoms with Crippen LogP contribution in [0.2, 0.25) is 0 Å². The van der Waals surface area contributed by atoms with Crippen molar-refractivity contribution in [2.45, 2.75) is 12.8 Å². The van der Waals surface area contributed by atoms with Gasteiger partial charge in [-0.2, -0.15) is 0 Å². The molecule has 1 unspecified atom stereocenters. The van der Waals surface area contributed by atoms with Gasteiger partial charge in [0, 0.05) is 0 Å². The van der Waals surface area contributed by atoms with Crippen molar-refractivity contribution < 1.29 is 14.6 Å². The molecule has 0 radical (unpaired) electrons. The van der Waals surface area contributed by atoms with E-state index in [4.69, 9.17) is 15.6 Å². The average Bonchev–Trinajstić information content (AvgIpc) is 2.41. The molecule has 4 nitrogen and oxygen atoms in total. The lowest BCUT2D eigenvalue weighted by Gasteiger charge is -2.14. The number of aliphatic carboxylic acids is 1. The lowest BCUT2D eigenvalue weighted by molar-refractivity contribution is -0.138. The number of anilines is 1. The maximum atomic E-state index is 11.0. The van der Waals surface area contributed by atoms with Crippen LogP contribution in [0.15, 0.2) is 48.5 Å². The molecule has 2 aromatic rings. The summed E-state index contributed by atoms with van der Waals surface area (Å²) in [5, 5.41) is 9.04. The van der Waals surface area contributed by atoms with Crippen LogP contribution in [0.3, 0.4) is 0 Å². The van der Waals surface area contributed by atoms with Gasteiger partial charge < -0.3 is 15.6 Å². The van der Waals surface area contributed by atoms with E-state index in [0.29, 0.717) is 22.7 Å². The number of benzene rings is 2. The van der Waals surface area contributed by atoms with E-state index in [1.807, 2.05) is 30.3 Å². The summed E-state index contributed by atoms with van der Waals surface area (Å²) in [5.41, 5.74) is 6.90. The Hall–Kier alpha value is -2.49. The highest BCUT2D eigenvalue weighted by Gasteiger charge is 2.18. The summed E-state index contributed by atoms with van der Waals surface area (Å²) in [6, 6.07) is 14.4. The normalized spacial score (nSPS) is 11.8. The molecule has 2 rings (SSSR count). The average molecular weight is 257 g/mol. The highest BCUT2D eigenvalue weighted by molar-refractivity contribution is 5.79. The Morgan fingerprint density at radius 1 is 1.16 bits per heavy atom. The van der Waals surface area contributed by atoms with Gasteiger partial charge in [-0.25, -0.2) is 0 Å². The largest absolute Gasteiger partial charge is 0.481 e. The maximum Gasteiger partial charge on any atom is 0.310 e. The number of carbonyl (C=O) groups is 1. The Morgan fingerprint density at radius 3 is 2.47 bits per heavy atom. The Bertz CT molecular complexity index is 581. The zero-order chi connectivity index (χ0) is 13.8. The van der Waals surface area contributed by atoms with Gasteiger partial charge in [0.25, 0.3) is 0 Å². The van der Waals surface area contributed by atoms with E-state index in [9.17, 15) is 4.79 Å². The van der Waals surface area contributed by atoms with Crippen LogP contribution in [-0.2, 0) is 4.79 Å². The second kappa shape index (κ2) is 5.44. The fourth-order valence-electron chi connectivity index (χ4n) is 1.78. The number of rotatable bonds is 4. The molecule has 98 valence electrons. The predicted octanol–water partition coefficient (Wildman–Crippen LogP) is 3.25. The van der Waals surface area contributed by atoms with Crippen molar-refractivity contribution >= 4 is 11.7 Å². The number of hydrogen-bond acceptors (Lipinski definition) is 3. The van der Waals surface area contributed by atoms with Crippen molar-refractivity contribution in [1.82, 2.24) is 0 Å². The number of ether oxygens (including phenoxy) is 1. The molecule has 1 atom stereocenters. The Morgan fingerprint density at radius 2 is 1.84 bits per heavy atom. The lowest BCUT2D eigenvalue weighted by Crippen LogP contribution is -2.10. The minimum absolute atomic E-state index is 0.362. The van der Waals surface area contributed by atoms with Crippen LogP contribution < -0.4 is 10.5 Å². The van der Waals surface area contributed by atoms with Gasteiger partial charge in [-0.15, -0.1) is 0 Å². The van der Waals surface area contributed by atoms with Gasteiger partial charge in [-0.05, 0) is 30.7 Å². The number of hydrogen-bond donors (Lipinski definition) is 2. The van der Waals surface area contributed by atoms with E-state index >= 15 is 0 Å². The molecule has 0 amide bonds. The second-order valence-electron chi connectivity index (χ2n) is 4.23. The van der Waals surface area contributed by atoms with Crippen LogP contribution in [0, 0.1) is 0 Å². The summed E-state index contributed by atoms with van der Waals surface area (Å²) in [7, 11) is 0. The molecule has 0 aliphatic rings. The van der Waals surface area contributed by atoms with Crippen molar-refractivity contribution in [2.24, 2.45) is 0 Å². The SMILES string of the molecule is CC(C(=O)O)c1cccc(Oc2ccccc2)c1N. The van der Waals surface area contributed by atoms with E-state index in [1.165, 1.54) is 0 Å². The molecule has 0 aliphatic heterocycles. The first-order valence-electron chi connectivity index (χ1n) is 5.93. The standard InChI is InChI=1S/C15H15NO3/c1-10(15(17)18)12-8-5-9-13(14(12)16)19-11-6-3-2-4-7-11/h2-10H,16H2,1H3,(H,17,18). The molecule has 0 heterocycles. The first-order chi connectivity index (χ1) is 9.09. The summed E-state index contributed by atoms with van der Waals surface area (Å²) < 4.78 is 5.66. The van der Waals surface area contributed by atoms with Gasteiger partial charge in [0.15, 0.2) is 5.75 Å². The monoisotopic (exact) mass is 257 g/mol. The molecule has 19 heavy (non-hydrogen) atoms. The number of nitrogen functional groups attached to an aromatic ring is 1. The van der Waals surface area contributed by atoms with Crippen LogP contribution in [0.25, 0.3) is 0 Å². The number of carboxylic acid groups (broad SMARTS) is 1. The molecule has 2 aromatic carbocycles. The summed E-state index contributed by atoms with van der Waals surface area (Å²) in [6.07, 6.45) is 0. The quantitative estimate of drug-likeness (QED) is 0.825. The van der Waals surface area contributed by atoms with Gasteiger partial charge in [0.2, 0.25) is 0 Å². The van der Waals surface area contributed by atoms with Crippen LogP contribution in [-0.4, -0.2) is 11.1 Å². The van der Waals surface area contributed by atoms with Gasteiger partial charge in [0.05, 0.1) is 11.6 Å². The van der Waals surface area contributed by atoms with E-state index in [-0.39, 0.29) is 0 Å². The van der Waals surface area contributed by atoms with E-state index in [2.05, 4.69) is 0 Å². The molecular weight excluding hydrogens is 242 g/mol. The molecule has 3 N–H and O–H groups in total. The molecule has 0 fully saturated rings. The van der Waals surface area contributed by atoms with Gasteiger partial charge in [0.1, 0.15) is 5.75 Å². The maximum absolute atomic E-state index is 11.0. The van der Waals surface area contributed by atoms with Crippen molar-refractivity contribution in [3.63, 3.8) is 0 Å². The molecule has 0 saturated carbocycles. The third kappa shape index (κ3) is 2.85. The Labute approximate surface area is 111 Å². The van der Waals surface area contributed by atoms with Crippen molar-refractivity contribution in [3.8, 4) is 11.5 Å². The summed E-state index contributed by atoms with van der Waals surface area (Å²) >= 11 is 0. The minimum atomic E-state index is -0.913. The first-order valence-corrected chi connectivity index (χ1v) is 5.93. The zero-order valence-electron chi connectivity index (χ0n) is 10.5. The van der Waals surface area contributed by atoms with Crippen molar-refractivity contribution in [3.05, 3.63) is 54.1 Å². The van der Waals surface area contributed by atoms with E-state index < -0.39 is 11.9 Å². The van der Waals surface area contributed by atoms with Crippen LogP contribution in [0.4, 0.5) is 5.69 Å². The number of para-hydroxylation sites is 2. The molecule has 4 heteroatoms. The first kappa shape index (κ1) is 13.0. The van der Waals surface area contributed by atoms with Crippen LogP contribution in [0.1, 0.15) is 18.4 Å². The molecule has 0 aromatic heterocycles. The number of nitrogens with two attached hydrogens (primary N) is 1. The molecule has 0 saturated heterocycles. The van der Waals surface area contributed by atoms with Crippen molar-refractivity contribution in [1.29, 1.82) is 0 Å². The fourth-order valence-corrected chi connectivity index (χ4v) is 1.78. The lowest BCUT2D eigenvalue weighted by atomic mass is 9.99. The smallest absolute Gasteiger partial charge is 0.310 e. The molecule has 0 spiro atoms. The Balaban J connectivity index is 2.33. The minimum Gasteiger partial charge on any atom is -0.481 e. The van der Waals surface area contributed by atoms with Gasteiger partial charge >= 0.3 is 5.97 Å². The summed E-state index contributed by atoms with van der Waals surface area (Å²) in [4.78, 5) is 11.0. The Kier molecular flexibility index (Phi) is 3.71. The fraction of sp³-hybridized carbons (Fsp3) is 0.133. The third-order valence-electron chi connectivity index (χ3n) is 2.91. The molecule has 0 aliphatic carbocycles. The van der Waals surface area contributed by atoms with E-state index in [0.717, 1.165) is 0 Å². The molecular formula is C15H15NO3. The second-order valence-corrected chi connectivity index (χ2v) is 4.23. The topological polar surface area (TPSA) is 72.5 Å². The molecule has 0 bridgehead atoms. The highest BCUT2D eigenvalue weighted by atomic mass is 16.5. The highest BCUT2D eigenvalue weighted by Crippen LogP contribution is 2.33.